The van der Waals surface area contributed by atoms with Gasteiger partial charge in [0.2, 0.25) is 41.4 Å². The summed E-state index contributed by atoms with van der Waals surface area (Å²) in [7, 11) is 6.16. The molecule has 15 heteroatoms. The fourth-order valence-electron chi connectivity index (χ4n) is 7.39. The molecule has 2 heterocycles. The summed E-state index contributed by atoms with van der Waals surface area (Å²) < 4.78 is 0. The van der Waals surface area contributed by atoms with Crippen molar-refractivity contribution in [2.45, 2.75) is 134 Å². The molecule has 0 spiro atoms. The first kappa shape index (κ1) is 46.2. The van der Waals surface area contributed by atoms with Gasteiger partial charge in [0.05, 0.1) is 5.75 Å². The van der Waals surface area contributed by atoms with Crippen LogP contribution in [0.4, 0.5) is 0 Å². The Labute approximate surface area is 337 Å². The minimum absolute atomic E-state index is 0.0592. The zero-order chi connectivity index (χ0) is 41.4. The lowest BCUT2D eigenvalue weighted by Gasteiger charge is -2.36. The third-order valence-corrected chi connectivity index (χ3v) is 12.0. The Balaban J connectivity index is 2.13. The third kappa shape index (κ3) is 12.4. The van der Waals surface area contributed by atoms with Crippen LogP contribution in [0.25, 0.3) is 0 Å². The van der Waals surface area contributed by atoms with Crippen LogP contribution in [0.15, 0.2) is 30.3 Å². The van der Waals surface area contributed by atoms with E-state index in [0.717, 1.165) is 36.6 Å². The number of nitrogens with one attached hydrogen (secondary N) is 3. The molecule has 0 saturated carbocycles. The molecule has 14 nitrogen and oxygen atoms in total. The molecule has 1 aromatic carbocycles. The van der Waals surface area contributed by atoms with Crippen LogP contribution >= 0.6 is 11.8 Å². The van der Waals surface area contributed by atoms with Gasteiger partial charge in [-0.2, -0.15) is 0 Å². The number of thioether (sulfide) groups is 1. The quantitative estimate of drug-likeness (QED) is 0.290. The van der Waals surface area contributed by atoms with Crippen molar-refractivity contribution in [1.29, 1.82) is 0 Å². The summed E-state index contributed by atoms with van der Waals surface area (Å²) in [5, 5.41) is 8.42. The highest BCUT2D eigenvalue weighted by Gasteiger charge is 2.42. The Morgan fingerprint density at radius 1 is 0.750 bits per heavy atom. The molecule has 7 amide bonds. The van der Waals surface area contributed by atoms with Crippen molar-refractivity contribution in [2.24, 2.45) is 0 Å². The van der Waals surface area contributed by atoms with E-state index in [1.807, 2.05) is 51.1 Å². The van der Waals surface area contributed by atoms with Crippen LogP contribution in [-0.2, 0) is 40.0 Å². The molecule has 2 saturated heterocycles. The van der Waals surface area contributed by atoms with E-state index in [4.69, 9.17) is 0 Å². The summed E-state index contributed by atoms with van der Waals surface area (Å²) in [6, 6.07) is 3.78. The van der Waals surface area contributed by atoms with Crippen molar-refractivity contribution in [3.63, 3.8) is 0 Å². The number of carbonyl (C=O) groups excluding carboxylic acids is 7. The van der Waals surface area contributed by atoms with Crippen molar-refractivity contribution in [3.05, 3.63) is 35.9 Å². The second kappa shape index (κ2) is 23.2. The molecule has 3 rings (SSSR count). The minimum Gasteiger partial charge on any atom is -0.357 e. The first-order valence-electron chi connectivity index (χ1n) is 20.3. The fourth-order valence-corrected chi connectivity index (χ4v) is 8.35. The average molecular weight is 800 g/mol. The van der Waals surface area contributed by atoms with Crippen LogP contribution < -0.4 is 16.0 Å². The predicted molar refractivity (Wildman–Crippen MR) is 218 cm³/mol. The number of carbonyl (C=O) groups is 7. The Kier molecular flexibility index (Phi) is 19.1. The maximum atomic E-state index is 14.5. The second-order valence-corrected chi connectivity index (χ2v) is 16.0. The van der Waals surface area contributed by atoms with E-state index in [9.17, 15) is 33.6 Å². The lowest BCUT2D eigenvalue weighted by molar-refractivity contribution is -0.149. The summed E-state index contributed by atoms with van der Waals surface area (Å²) in [4.78, 5) is 104. The van der Waals surface area contributed by atoms with Crippen LogP contribution in [0, 0.1) is 0 Å². The number of fused-ring (bicyclic) bond motifs is 1. The molecule has 56 heavy (non-hydrogen) atoms. The number of hydrogen-bond donors (Lipinski definition) is 3. The number of benzene rings is 1. The standard InChI is InChI=1S/C41H65N7O7S/c1-8-11-20-29-39(53)48-24-17-23-33(48)40(54)46(6)32(22-13-10-3)38(52)44-30(36(50)42-4)26-56-27-35(49)45(5)34(25-28-18-15-14-16-19-28)41(55)47(7)31(21-12-9-2)37(51)43-29/h14-16,18-19,29-34H,8-13,17,20-27H2,1-7H3,(H,42,50)(H,43,51)(H,44,52)/t29-,30+,31-,32-,33?,34-/m0/s1. The molecule has 312 valence electrons. The normalized spacial score (nSPS) is 25.4. The predicted octanol–water partition coefficient (Wildman–Crippen LogP) is 2.73. The zero-order valence-electron chi connectivity index (χ0n) is 34.5. The highest BCUT2D eigenvalue weighted by atomic mass is 32.2. The average Bonchev–Trinajstić information content (AvgIpc) is 3.70. The maximum absolute atomic E-state index is 14.5. The molecule has 0 aliphatic carbocycles. The minimum atomic E-state index is -1.01. The van der Waals surface area contributed by atoms with Crippen LogP contribution in [0.2, 0.25) is 0 Å². The van der Waals surface area contributed by atoms with E-state index < -0.39 is 59.9 Å². The van der Waals surface area contributed by atoms with Crippen LogP contribution in [0.1, 0.15) is 97.0 Å². The topological polar surface area (TPSA) is 169 Å². The molecule has 3 N–H and O–H groups in total. The Hall–Kier alpha value is -4.14. The van der Waals surface area contributed by atoms with E-state index in [-0.39, 0.29) is 35.6 Å². The van der Waals surface area contributed by atoms with Gasteiger partial charge in [0, 0.05) is 46.9 Å². The second-order valence-electron chi connectivity index (χ2n) is 15.0. The summed E-state index contributed by atoms with van der Waals surface area (Å²) >= 11 is 1.15. The van der Waals surface area contributed by atoms with Gasteiger partial charge in [-0.1, -0.05) is 89.6 Å². The van der Waals surface area contributed by atoms with Gasteiger partial charge in [-0.05, 0) is 37.7 Å². The molecule has 1 unspecified atom stereocenters. The maximum Gasteiger partial charge on any atom is 0.246 e. The lowest BCUT2D eigenvalue weighted by atomic mass is 10.0. The largest absolute Gasteiger partial charge is 0.357 e. The summed E-state index contributed by atoms with van der Waals surface area (Å²) in [6.45, 7) is 6.29. The van der Waals surface area contributed by atoms with Gasteiger partial charge >= 0.3 is 0 Å². The number of likely N-dealkylation sites (N-methyl/N-ethyl adjacent to an activating group) is 4. The molecule has 0 bridgehead atoms. The molecule has 6 atom stereocenters. The number of unbranched alkanes of at least 4 members (excludes halogenated alkanes) is 3. The van der Waals surface area contributed by atoms with Gasteiger partial charge in [-0.15, -0.1) is 11.8 Å². The van der Waals surface area contributed by atoms with Gasteiger partial charge < -0.3 is 35.6 Å². The smallest absolute Gasteiger partial charge is 0.246 e. The van der Waals surface area contributed by atoms with Gasteiger partial charge in [-0.25, -0.2) is 0 Å². The number of rotatable bonds is 12. The van der Waals surface area contributed by atoms with Gasteiger partial charge in [0.25, 0.3) is 0 Å². The summed E-state index contributed by atoms with van der Waals surface area (Å²) in [5.41, 5.74) is 0.830. The van der Waals surface area contributed by atoms with E-state index in [1.165, 1.54) is 26.6 Å². The molecular weight excluding hydrogens is 735 g/mol. The highest BCUT2D eigenvalue weighted by molar-refractivity contribution is 8.00. The molecule has 1 aromatic rings. The SMILES string of the molecule is CCCC[C@@H]1NC(=O)[C@H](CCCC)N(C)C(=O)[C@H](Cc2ccccc2)N(C)C(=O)CSC[C@H](C(=O)NC)NC(=O)[C@H](CCCC)N(C)C(=O)C2CCCN2C1=O. The number of hydrogen-bond acceptors (Lipinski definition) is 8. The molecular formula is C41H65N7O7S. The summed E-state index contributed by atoms with van der Waals surface area (Å²) in [6.07, 6.45) is 6.48. The van der Waals surface area contributed by atoms with Crippen LogP contribution in [0.3, 0.4) is 0 Å². The summed E-state index contributed by atoms with van der Waals surface area (Å²) in [5.74, 6) is -2.98. The molecule has 0 radical (unpaired) electrons. The van der Waals surface area contributed by atoms with E-state index in [2.05, 4.69) is 16.0 Å². The van der Waals surface area contributed by atoms with Crippen molar-refractivity contribution in [3.8, 4) is 0 Å². The van der Waals surface area contributed by atoms with Crippen LogP contribution in [-0.4, -0.2) is 143 Å². The van der Waals surface area contributed by atoms with Crippen molar-refractivity contribution in [1.82, 2.24) is 35.6 Å². The molecule has 2 aliphatic rings. The number of nitrogens with zero attached hydrogens (tertiary/aromatic N) is 4. The molecule has 2 aliphatic heterocycles. The van der Waals surface area contributed by atoms with E-state index in [0.29, 0.717) is 57.9 Å². The van der Waals surface area contributed by atoms with Gasteiger partial charge in [0.1, 0.15) is 36.3 Å². The van der Waals surface area contributed by atoms with Gasteiger partial charge in [0.15, 0.2) is 0 Å². The number of amides is 7. The van der Waals surface area contributed by atoms with Crippen molar-refractivity contribution in [2.75, 3.05) is 46.2 Å². The third-order valence-electron chi connectivity index (χ3n) is 11.0. The van der Waals surface area contributed by atoms with Gasteiger partial charge in [-0.3, -0.25) is 33.6 Å². The monoisotopic (exact) mass is 799 g/mol. The van der Waals surface area contributed by atoms with E-state index in [1.54, 1.807) is 21.1 Å². The Morgan fingerprint density at radius 2 is 1.32 bits per heavy atom. The fraction of sp³-hybridized carbons (Fsp3) is 0.683. The van der Waals surface area contributed by atoms with Crippen molar-refractivity contribution < 1.29 is 33.6 Å². The lowest BCUT2D eigenvalue weighted by Crippen LogP contribution is -2.59. The Morgan fingerprint density at radius 3 is 1.91 bits per heavy atom. The Bertz CT molecular complexity index is 1500. The van der Waals surface area contributed by atoms with E-state index >= 15 is 0 Å². The molecule has 0 aromatic heterocycles. The first-order valence-corrected chi connectivity index (χ1v) is 21.5. The van der Waals surface area contributed by atoms with Crippen LogP contribution in [0.5, 0.6) is 0 Å². The van der Waals surface area contributed by atoms with Crippen molar-refractivity contribution >= 4 is 53.1 Å². The molecule has 2 fully saturated rings. The highest BCUT2D eigenvalue weighted by Crippen LogP contribution is 2.24. The zero-order valence-corrected chi connectivity index (χ0v) is 35.3. The first-order chi connectivity index (χ1) is 26.8.